The summed E-state index contributed by atoms with van der Waals surface area (Å²) in [4.78, 5) is 14.0. The molecule has 0 heterocycles. The van der Waals surface area contributed by atoms with E-state index in [1.807, 2.05) is 4.90 Å². The molecule has 4 nitrogen and oxygen atoms in total. The Hall–Kier alpha value is -0.130. The van der Waals surface area contributed by atoms with Crippen molar-refractivity contribution in [1.29, 1.82) is 0 Å². The van der Waals surface area contributed by atoms with Crippen LogP contribution in [-0.2, 0) is 14.3 Å². The Labute approximate surface area is 112 Å². The third-order valence-electron chi connectivity index (χ3n) is 3.44. The second-order valence-corrected chi connectivity index (χ2v) is 5.27. The van der Waals surface area contributed by atoms with Crippen molar-refractivity contribution in [2.75, 3.05) is 39.2 Å². The Morgan fingerprint density at radius 3 is 2.47 bits per heavy atom. The highest BCUT2D eigenvalue weighted by molar-refractivity contribution is 9.09. The molecule has 0 bridgehead atoms. The number of carbonyl (C=O) groups excluding carboxylic acids is 1. The zero-order chi connectivity index (χ0) is 12.7. The molecule has 1 aliphatic rings. The van der Waals surface area contributed by atoms with Gasteiger partial charge in [-0.15, -0.1) is 0 Å². The monoisotopic (exact) mass is 307 g/mol. The fourth-order valence-electron chi connectivity index (χ4n) is 2.08. The van der Waals surface area contributed by atoms with Gasteiger partial charge in [-0.05, 0) is 19.3 Å². The number of methoxy groups -OCH3 is 2. The molecule has 1 fully saturated rings. The van der Waals surface area contributed by atoms with Gasteiger partial charge in [-0.1, -0.05) is 15.9 Å². The van der Waals surface area contributed by atoms with E-state index in [0.29, 0.717) is 19.6 Å². The van der Waals surface area contributed by atoms with E-state index in [1.54, 1.807) is 14.2 Å². The van der Waals surface area contributed by atoms with Gasteiger partial charge in [0.2, 0.25) is 5.91 Å². The number of hydrogen-bond acceptors (Lipinski definition) is 3. The van der Waals surface area contributed by atoms with Crippen LogP contribution in [0.5, 0.6) is 0 Å². The Balaban J connectivity index is 2.45. The molecule has 17 heavy (non-hydrogen) atoms. The van der Waals surface area contributed by atoms with Crippen LogP contribution in [0.4, 0.5) is 0 Å². The smallest absolute Gasteiger partial charge is 0.225 e. The van der Waals surface area contributed by atoms with Crippen LogP contribution < -0.4 is 0 Å². The molecule has 0 aliphatic heterocycles. The minimum absolute atomic E-state index is 0.169. The number of nitrogens with zero attached hydrogens (tertiary/aromatic N) is 1. The average Bonchev–Trinajstić information content (AvgIpc) is 2.29. The van der Waals surface area contributed by atoms with Crippen molar-refractivity contribution in [3.05, 3.63) is 0 Å². The van der Waals surface area contributed by atoms with Crippen LogP contribution in [0.3, 0.4) is 0 Å². The molecule has 0 saturated heterocycles. The van der Waals surface area contributed by atoms with Crippen LogP contribution >= 0.6 is 15.9 Å². The second kappa shape index (κ2) is 7.34. The number of halogens is 1. The Morgan fingerprint density at radius 2 is 2.06 bits per heavy atom. The topological polar surface area (TPSA) is 38.8 Å². The first-order valence-corrected chi connectivity index (χ1v) is 7.17. The summed E-state index contributed by atoms with van der Waals surface area (Å²) < 4.78 is 10.5. The summed E-state index contributed by atoms with van der Waals surface area (Å²) in [6, 6.07) is 0. The van der Waals surface area contributed by atoms with Crippen molar-refractivity contribution in [2.24, 2.45) is 0 Å². The van der Waals surface area contributed by atoms with Gasteiger partial charge in [0, 0.05) is 32.6 Å². The van der Waals surface area contributed by atoms with E-state index < -0.39 is 0 Å². The molecule has 1 aliphatic carbocycles. The van der Waals surface area contributed by atoms with E-state index in [-0.39, 0.29) is 11.5 Å². The summed E-state index contributed by atoms with van der Waals surface area (Å²) in [6.45, 7) is 1.96. The zero-order valence-corrected chi connectivity index (χ0v) is 12.3. The lowest BCUT2D eigenvalue weighted by Gasteiger charge is -2.41. The standard InChI is InChI=1S/C12H22BrNO3/c1-16-9-8-14(7-6-13)11(15)10-12(17-2)4-3-5-12/h3-10H2,1-2H3. The SMILES string of the molecule is COCCN(CCBr)C(=O)CC1(OC)CCC1. The van der Waals surface area contributed by atoms with Crippen molar-refractivity contribution < 1.29 is 14.3 Å². The van der Waals surface area contributed by atoms with Crippen LogP contribution in [0.2, 0.25) is 0 Å². The Bertz CT molecular complexity index is 238. The van der Waals surface area contributed by atoms with E-state index in [9.17, 15) is 4.79 Å². The van der Waals surface area contributed by atoms with Gasteiger partial charge in [0.15, 0.2) is 0 Å². The number of hydrogen-bond donors (Lipinski definition) is 0. The van der Waals surface area contributed by atoms with Crippen molar-refractivity contribution in [3.63, 3.8) is 0 Å². The van der Waals surface area contributed by atoms with Gasteiger partial charge in [-0.2, -0.15) is 0 Å². The molecular formula is C12H22BrNO3. The Kier molecular flexibility index (Phi) is 6.44. The molecule has 0 unspecified atom stereocenters. The molecule has 0 N–H and O–H groups in total. The molecule has 5 heteroatoms. The third-order valence-corrected chi connectivity index (χ3v) is 3.80. The van der Waals surface area contributed by atoms with Crippen molar-refractivity contribution in [2.45, 2.75) is 31.3 Å². The van der Waals surface area contributed by atoms with Crippen molar-refractivity contribution in [1.82, 2.24) is 4.90 Å². The van der Waals surface area contributed by atoms with Gasteiger partial charge in [0.1, 0.15) is 0 Å². The van der Waals surface area contributed by atoms with Gasteiger partial charge in [-0.3, -0.25) is 4.79 Å². The molecule has 100 valence electrons. The molecule has 1 rings (SSSR count). The van der Waals surface area contributed by atoms with E-state index in [4.69, 9.17) is 9.47 Å². The highest BCUT2D eigenvalue weighted by Crippen LogP contribution is 2.38. The van der Waals surface area contributed by atoms with Gasteiger partial charge in [-0.25, -0.2) is 0 Å². The van der Waals surface area contributed by atoms with Crippen molar-refractivity contribution in [3.8, 4) is 0 Å². The molecular weight excluding hydrogens is 286 g/mol. The van der Waals surface area contributed by atoms with E-state index in [0.717, 1.165) is 31.1 Å². The largest absolute Gasteiger partial charge is 0.383 e. The fourth-order valence-corrected chi connectivity index (χ4v) is 2.50. The van der Waals surface area contributed by atoms with E-state index >= 15 is 0 Å². The summed E-state index contributed by atoms with van der Waals surface area (Å²) in [5, 5.41) is 0.794. The molecule has 1 saturated carbocycles. The normalized spacial score (nSPS) is 17.6. The maximum absolute atomic E-state index is 12.2. The summed E-state index contributed by atoms with van der Waals surface area (Å²) in [5.74, 6) is 0.169. The predicted octanol–water partition coefficient (Wildman–Crippen LogP) is 1.82. The molecule has 0 spiro atoms. The first-order chi connectivity index (χ1) is 8.17. The van der Waals surface area contributed by atoms with Crippen LogP contribution in [-0.4, -0.2) is 55.7 Å². The summed E-state index contributed by atoms with van der Waals surface area (Å²) in [6.07, 6.45) is 3.67. The van der Waals surface area contributed by atoms with Crippen LogP contribution in [0.1, 0.15) is 25.7 Å². The van der Waals surface area contributed by atoms with Gasteiger partial charge in [0.25, 0.3) is 0 Å². The third kappa shape index (κ3) is 4.23. The molecule has 1 amide bonds. The van der Waals surface area contributed by atoms with Crippen LogP contribution in [0.15, 0.2) is 0 Å². The van der Waals surface area contributed by atoms with Crippen LogP contribution in [0.25, 0.3) is 0 Å². The second-order valence-electron chi connectivity index (χ2n) is 4.48. The minimum Gasteiger partial charge on any atom is -0.383 e. The zero-order valence-electron chi connectivity index (χ0n) is 10.7. The molecule has 0 atom stereocenters. The molecule has 0 aromatic carbocycles. The lowest BCUT2D eigenvalue weighted by atomic mass is 9.77. The number of alkyl halides is 1. The molecule has 0 aromatic rings. The average molecular weight is 308 g/mol. The van der Waals surface area contributed by atoms with Crippen LogP contribution in [0, 0.1) is 0 Å². The Morgan fingerprint density at radius 1 is 1.35 bits per heavy atom. The minimum atomic E-state index is -0.186. The lowest BCUT2D eigenvalue weighted by molar-refractivity contribution is -0.144. The number of ether oxygens (including phenoxy) is 2. The van der Waals surface area contributed by atoms with Crippen molar-refractivity contribution >= 4 is 21.8 Å². The maximum Gasteiger partial charge on any atom is 0.225 e. The van der Waals surface area contributed by atoms with E-state index in [2.05, 4.69) is 15.9 Å². The number of amides is 1. The first kappa shape index (κ1) is 14.9. The maximum atomic E-state index is 12.2. The first-order valence-electron chi connectivity index (χ1n) is 6.05. The summed E-state index contributed by atoms with van der Waals surface area (Å²) in [7, 11) is 3.36. The van der Waals surface area contributed by atoms with Gasteiger partial charge >= 0.3 is 0 Å². The quantitative estimate of drug-likeness (QED) is 0.642. The molecule has 0 aromatic heterocycles. The number of rotatable bonds is 8. The highest BCUT2D eigenvalue weighted by Gasteiger charge is 2.39. The summed E-state index contributed by atoms with van der Waals surface area (Å²) in [5.41, 5.74) is -0.186. The fraction of sp³-hybridized carbons (Fsp3) is 0.917. The summed E-state index contributed by atoms with van der Waals surface area (Å²) >= 11 is 3.37. The predicted molar refractivity (Wildman–Crippen MR) is 70.5 cm³/mol. The lowest BCUT2D eigenvalue weighted by Crippen LogP contribution is -2.46. The van der Waals surface area contributed by atoms with Gasteiger partial charge < -0.3 is 14.4 Å². The molecule has 0 radical (unpaired) electrons. The van der Waals surface area contributed by atoms with Gasteiger partial charge in [0.05, 0.1) is 18.6 Å². The van der Waals surface area contributed by atoms with E-state index in [1.165, 1.54) is 0 Å². The number of carbonyl (C=O) groups is 1. The highest BCUT2D eigenvalue weighted by atomic mass is 79.9.